The third kappa shape index (κ3) is 5.71. The number of carbonyl (C=O) groups is 1. The molecule has 1 aromatic heterocycles. The number of nitrogens with zero attached hydrogens (tertiary/aromatic N) is 2. The topological polar surface area (TPSA) is 109 Å². The van der Waals surface area contributed by atoms with Gasteiger partial charge in [0.1, 0.15) is 6.10 Å². The number of methoxy groups -OCH3 is 1. The summed E-state index contributed by atoms with van der Waals surface area (Å²) in [6, 6.07) is 22.2. The van der Waals surface area contributed by atoms with Crippen molar-refractivity contribution in [2.75, 3.05) is 20.3 Å². The normalized spacial score (nSPS) is 15.2. The van der Waals surface area contributed by atoms with Gasteiger partial charge in [-0.15, -0.1) is 0 Å². The molecule has 0 radical (unpaired) electrons. The van der Waals surface area contributed by atoms with E-state index < -0.39 is 15.9 Å². The Bertz CT molecular complexity index is 1510. The molecule has 1 aliphatic rings. The summed E-state index contributed by atoms with van der Waals surface area (Å²) in [6.45, 7) is 1.69. The molecule has 1 unspecified atom stereocenters. The van der Waals surface area contributed by atoms with Gasteiger partial charge >= 0.3 is 0 Å². The van der Waals surface area contributed by atoms with Gasteiger partial charge in [0.25, 0.3) is 15.9 Å². The molecule has 0 saturated carbocycles. The van der Waals surface area contributed by atoms with Gasteiger partial charge in [-0.25, -0.2) is 13.1 Å². The van der Waals surface area contributed by atoms with Crippen molar-refractivity contribution >= 4 is 15.9 Å². The Kier molecular flexibility index (Phi) is 7.43. The van der Waals surface area contributed by atoms with E-state index in [4.69, 9.17) is 14.2 Å². The van der Waals surface area contributed by atoms with Crippen molar-refractivity contribution < 1.29 is 27.4 Å². The number of hydrogen-bond donors (Lipinski definition) is 1. The molecule has 1 aliphatic heterocycles. The van der Waals surface area contributed by atoms with E-state index in [1.807, 2.05) is 28.9 Å². The van der Waals surface area contributed by atoms with Crippen LogP contribution in [0.4, 0.5) is 0 Å². The molecule has 10 heteroatoms. The minimum atomic E-state index is -3.95. The standard InChI is InChI=1S/C28H27N3O6S/c1-35-26-12-11-22(17-27(26)37-23-14-16-36-19-23)25-13-15-29-31(25)18-20-7-9-21(10-8-20)28(32)30-38(33,34)24-5-3-2-4-6-24/h2-13,15,17,23H,14,16,18-19H2,1H3,(H,30,32). The lowest BCUT2D eigenvalue weighted by molar-refractivity contribution is 0.0981. The van der Waals surface area contributed by atoms with Crippen molar-refractivity contribution in [1.82, 2.24) is 14.5 Å². The van der Waals surface area contributed by atoms with Gasteiger partial charge in [-0.3, -0.25) is 9.48 Å². The second-order valence-corrected chi connectivity index (χ2v) is 10.5. The number of carbonyl (C=O) groups excluding carboxylic acids is 1. The summed E-state index contributed by atoms with van der Waals surface area (Å²) >= 11 is 0. The van der Waals surface area contributed by atoms with E-state index in [2.05, 4.69) is 9.82 Å². The number of hydrogen-bond acceptors (Lipinski definition) is 7. The fraction of sp³-hybridized carbons (Fsp3) is 0.214. The molecule has 1 atom stereocenters. The van der Waals surface area contributed by atoms with E-state index in [0.29, 0.717) is 31.3 Å². The van der Waals surface area contributed by atoms with Crippen molar-refractivity contribution in [1.29, 1.82) is 0 Å². The van der Waals surface area contributed by atoms with Crippen LogP contribution in [0.25, 0.3) is 11.3 Å². The summed E-state index contributed by atoms with van der Waals surface area (Å²) in [7, 11) is -2.34. The van der Waals surface area contributed by atoms with E-state index in [1.165, 1.54) is 12.1 Å². The predicted octanol–water partition coefficient (Wildman–Crippen LogP) is 3.89. The van der Waals surface area contributed by atoms with Gasteiger partial charge in [0.05, 0.1) is 37.5 Å². The first kappa shape index (κ1) is 25.5. The highest BCUT2D eigenvalue weighted by molar-refractivity contribution is 7.90. The molecule has 5 rings (SSSR count). The summed E-state index contributed by atoms with van der Waals surface area (Å²) in [5, 5.41) is 4.47. The van der Waals surface area contributed by atoms with Crippen LogP contribution < -0.4 is 14.2 Å². The first-order valence-corrected chi connectivity index (χ1v) is 13.6. The highest BCUT2D eigenvalue weighted by Crippen LogP contribution is 2.34. The minimum Gasteiger partial charge on any atom is -0.493 e. The number of aromatic nitrogens is 2. The third-order valence-electron chi connectivity index (χ3n) is 6.19. The van der Waals surface area contributed by atoms with Crippen LogP contribution in [0.2, 0.25) is 0 Å². The number of sulfonamides is 1. The average Bonchev–Trinajstić information content (AvgIpc) is 3.62. The lowest BCUT2D eigenvalue weighted by Gasteiger charge is -2.16. The zero-order chi connectivity index (χ0) is 26.5. The third-order valence-corrected chi connectivity index (χ3v) is 7.53. The van der Waals surface area contributed by atoms with E-state index >= 15 is 0 Å². The van der Waals surface area contributed by atoms with Crippen molar-refractivity contribution in [3.05, 3.63) is 96.2 Å². The maximum absolute atomic E-state index is 12.6. The molecule has 0 bridgehead atoms. The molecule has 1 saturated heterocycles. The van der Waals surface area contributed by atoms with Crippen LogP contribution in [-0.4, -0.2) is 50.5 Å². The van der Waals surface area contributed by atoms with Gasteiger partial charge in [-0.05, 0) is 54.1 Å². The average molecular weight is 534 g/mol. The highest BCUT2D eigenvalue weighted by Gasteiger charge is 2.21. The maximum atomic E-state index is 12.6. The summed E-state index contributed by atoms with van der Waals surface area (Å²) < 4.78 is 45.9. The first-order chi connectivity index (χ1) is 18.4. The van der Waals surface area contributed by atoms with Crippen LogP contribution in [0.1, 0.15) is 22.3 Å². The van der Waals surface area contributed by atoms with Crippen LogP contribution in [0, 0.1) is 0 Å². The van der Waals surface area contributed by atoms with Crippen molar-refractivity contribution in [2.24, 2.45) is 0 Å². The Morgan fingerprint density at radius 3 is 2.55 bits per heavy atom. The zero-order valence-corrected chi connectivity index (χ0v) is 21.6. The molecule has 1 amide bonds. The number of amides is 1. The van der Waals surface area contributed by atoms with Gasteiger partial charge in [0.2, 0.25) is 0 Å². The lowest BCUT2D eigenvalue weighted by atomic mass is 10.1. The smallest absolute Gasteiger partial charge is 0.264 e. The monoisotopic (exact) mass is 533 g/mol. The maximum Gasteiger partial charge on any atom is 0.264 e. The van der Waals surface area contributed by atoms with E-state index in [0.717, 1.165) is 23.2 Å². The highest BCUT2D eigenvalue weighted by atomic mass is 32.2. The molecule has 1 N–H and O–H groups in total. The Labute approximate surface area is 221 Å². The van der Waals surface area contributed by atoms with Crippen molar-refractivity contribution in [3.63, 3.8) is 0 Å². The largest absolute Gasteiger partial charge is 0.493 e. The molecule has 9 nitrogen and oxygen atoms in total. The molecular formula is C28H27N3O6S. The van der Waals surface area contributed by atoms with Gasteiger partial charge in [-0.2, -0.15) is 5.10 Å². The molecule has 1 fully saturated rings. The SMILES string of the molecule is COc1ccc(-c2ccnn2Cc2ccc(C(=O)NS(=O)(=O)c3ccccc3)cc2)cc1OC1CCOC1. The molecule has 0 spiro atoms. The summed E-state index contributed by atoms with van der Waals surface area (Å²) in [5.74, 6) is 0.600. The molecule has 196 valence electrons. The summed E-state index contributed by atoms with van der Waals surface area (Å²) in [4.78, 5) is 12.6. The minimum absolute atomic E-state index is 0.0116. The fourth-order valence-electron chi connectivity index (χ4n) is 4.19. The van der Waals surface area contributed by atoms with Crippen LogP contribution in [0.5, 0.6) is 11.5 Å². The number of nitrogens with one attached hydrogen (secondary N) is 1. The molecular weight excluding hydrogens is 506 g/mol. The van der Waals surface area contributed by atoms with Gasteiger partial charge < -0.3 is 14.2 Å². The molecule has 4 aromatic rings. The fourth-order valence-corrected chi connectivity index (χ4v) is 5.19. The Hall–Kier alpha value is -4.15. The van der Waals surface area contributed by atoms with Gasteiger partial charge in [-0.1, -0.05) is 30.3 Å². The number of benzene rings is 3. The summed E-state index contributed by atoms with van der Waals surface area (Å²) in [5.41, 5.74) is 2.93. The van der Waals surface area contributed by atoms with E-state index in [1.54, 1.807) is 55.8 Å². The van der Waals surface area contributed by atoms with Crippen LogP contribution in [0.3, 0.4) is 0 Å². The van der Waals surface area contributed by atoms with Crippen molar-refractivity contribution in [3.8, 4) is 22.8 Å². The Morgan fingerprint density at radius 1 is 1.05 bits per heavy atom. The zero-order valence-electron chi connectivity index (χ0n) is 20.7. The molecule has 38 heavy (non-hydrogen) atoms. The number of rotatable bonds is 9. The van der Waals surface area contributed by atoms with Crippen molar-refractivity contribution in [2.45, 2.75) is 24.0 Å². The second kappa shape index (κ2) is 11.1. The molecule has 3 aromatic carbocycles. The molecule has 2 heterocycles. The predicted molar refractivity (Wildman–Crippen MR) is 141 cm³/mol. The van der Waals surface area contributed by atoms with Gasteiger partial charge in [0.15, 0.2) is 11.5 Å². The van der Waals surface area contributed by atoms with E-state index in [9.17, 15) is 13.2 Å². The van der Waals surface area contributed by atoms with E-state index in [-0.39, 0.29) is 16.6 Å². The summed E-state index contributed by atoms with van der Waals surface area (Å²) in [6.07, 6.45) is 2.54. The lowest BCUT2D eigenvalue weighted by Crippen LogP contribution is -2.30. The van der Waals surface area contributed by atoms with Crippen LogP contribution >= 0.6 is 0 Å². The van der Waals surface area contributed by atoms with Crippen LogP contribution in [0.15, 0.2) is 90.0 Å². The molecule has 0 aliphatic carbocycles. The Morgan fingerprint density at radius 2 is 1.84 bits per heavy atom. The Balaban J connectivity index is 1.30. The quantitative estimate of drug-likeness (QED) is 0.348. The van der Waals surface area contributed by atoms with Crippen LogP contribution in [-0.2, 0) is 21.3 Å². The first-order valence-electron chi connectivity index (χ1n) is 12.1. The number of ether oxygens (including phenoxy) is 3. The second-order valence-electron chi connectivity index (χ2n) is 8.79. The van der Waals surface area contributed by atoms with Gasteiger partial charge in [0, 0.05) is 23.7 Å².